The summed E-state index contributed by atoms with van der Waals surface area (Å²) in [7, 11) is -3.13. The number of sulfonamides is 1. The van der Waals surface area contributed by atoms with Crippen LogP contribution in [0, 0.1) is 0 Å². The van der Waals surface area contributed by atoms with Crippen molar-refractivity contribution in [1.29, 1.82) is 0 Å². The van der Waals surface area contributed by atoms with E-state index in [4.69, 9.17) is 4.42 Å². The second-order valence-corrected chi connectivity index (χ2v) is 5.90. The molecule has 16 heavy (non-hydrogen) atoms. The summed E-state index contributed by atoms with van der Waals surface area (Å²) < 4.78 is 30.8. The van der Waals surface area contributed by atoms with Crippen molar-refractivity contribution in [2.24, 2.45) is 0 Å². The van der Waals surface area contributed by atoms with E-state index in [0.717, 1.165) is 12.0 Å². The Labute approximate surface area is 97.1 Å². The van der Waals surface area contributed by atoms with Gasteiger partial charge >= 0.3 is 0 Å². The zero-order chi connectivity index (χ0) is 12.0. The largest absolute Gasteiger partial charge is 0.472 e. The van der Waals surface area contributed by atoms with Gasteiger partial charge in [-0.05, 0) is 31.4 Å². The lowest BCUT2D eigenvalue weighted by Gasteiger charge is -2.12. The van der Waals surface area contributed by atoms with Crippen LogP contribution in [-0.2, 0) is 16.4 Å². The van der Waals surface area contributed by atoms with Crippen LogP contribution in [0.4, 0.5) is 0 Å². The molecule has 1 heterocycles. The Morgan fingerprint density at radius 3 is 2.81 bits per heavy atom. The van der Waals surface area contributed by atoms with Gasteiger partial charge in [0, 0.05) is 6.04 Å². The van der Waals surface area contributed by atoms with Crippen molar-refractivity contribution in [1.82, 2.24) is 4.72 Å². The summed E-state index contributed by atoms with van der Waals surface area (Å²) in [6.45, 7) is 3.83. The lowest BCUT2D eigenvalue weighted by Crippen LogP contribution is -2.35. The molecule has 0 aromatic carbocycles. The van der Waals surface area contributed by atoms with E-state index < -0.39 is 10.0 Å². The van der Waals surface area contributed by atoms with Gasteiger partial charge in [0.05, 0.1) is 18.3 Å². The fraction of sp³-hybridized carbons (Fsp3) is 0.636. The summed E-state index contributed by atoms with van der Waals surface area (Å²) in [5, 5.41) is 0. The summed E-state index contributed by atoms with van der Waals surface area (Å²) in [4.78, 5) is 0. The van der Waals surface area contributed by atoms with Crippen LogP contribution in [0.25, 0.3) is 0 Å². The van der Waals surface area contributed by atoms with Crippen LogP contribution < -0.4 is 4.72 Å². The van der Waals surface area contributed by atoms with Crippen molar-refractivity contribution in [2.45, 2.75) is 39.2 Å². The van der Waals surface area contributed by atoms with E-state index >= 15 is 0 Å². The summed E-state index contributed by atoms with van der Waals surface area (Å²) in [5.41, 5.74) is 1.01. The predicted octanol–water partition coefficient (Wildman–Crippen LogP) is 1.93. The van der Waals surface area contributed by atoms with Gasteiger partial charge in [-0.25, -0.2) is 13.1 Å². The van der Waals surface area contributed by atoms with Gasteiger partial charge < -0.3 is 4.42 Å². The standard InChI is InChI=1S/C11H19NO3S/c1-3-4-7-16(13,14)12-10(2)8-11-5-6-15-9-11/h5-6,9-10,12H,3-4,7-8H2,1-2H3. The molecule has 0 radical (unpaired) electrons. The summed E-state index contributed by atoms with van der Waals surface area (Å²) in [6, 6.07) is 1.75. The number of furan rings is 1. The van der Waals surface area contributed by atoms with E-state index in [9.17, 15) is 8.42 Å². The molecule has 1 aromatic heterocycles. The van der Waals surface area contributed by atoms with Gasteiger partial charge in [0.2, 0.25) is 10.0 Å². The molecule has 1 rings (SSSR count). The minimum Gasteiger partial charge on any atom is -0.472 e. The first-order valence-electron chi connectivity index (χ1n) is 5.54. The van der Waals surface area contributed by atoms with Gasteiger partial charge in [0.1, 0.15) is 0 Å². The van der Waals surface area contributed by atoms with Crippen molar-refractivity contribution in [3.8, 4) is 0 Å². The molecule has 0 aliphatic heterocycles. The zero-order valence-electron chi connectivity index (χ0n) is 9.77. The molecule has 0 amide bonds. The second kappa shape index (κ2) is 6.06. The fourth-order valence-corrected chi connectivity index (χ4v) is 2.99. The van der Waals surface area contributed by atoms with E-state index in [-0.39, 0.29) is 11.8 Å². The molecule has 0 bridgehead atoms. The van der Waals surface area contributed by atoms with Crippen LogP contribution in [0.15, 0.2) is 23.0 Å². The van der Waals surface area contributed by atoms with Crippen LogP contribution in [0.1, 0.15) is 32.3 Å². The van der Waals surface area contributed by atoms with Crippen LogP contribution in [0.5, 0.6) is 0 Å². The number of nitrogens with one attached hydrogen (secondary N) is 1. The first kappa shape index (κ1) is 13.3. The Balaban J connectivity index is 2.41. The minimum atomic E-state index is -3.13. The first-order valence-corrected chi connectivity index (χ1v) is 7.20. The lowest BCUT2D eigenvalue weighted by atomic mass is 10.1. The third-order valence-corrected chi connectivity index (χ3v) is 3.86. The maximum atomic E-state index is 11.6. The Hall–Kier alpha value is -0.810. The summed E-state index contributed by atoms with van der Waals surface area (Å²) >= 11 is 0. The predicted molar refractivity (Wildman–Crippen MR) is 63.7 cm³/mol. The Morgan fingerprint density at radius 2 is 2.25 bits per heavy atom. The number of rotatable bonds is 7. The summed E-state index contributed by atoms with van der Waals surface area (Å²) in [6.07, 6.45) is 5.47. The Morgan fingerprint density at radius 1 is 1.50 bits per heavy atom. The molecule has 1 aromatic rings. The van der Waals surface area contributed by atoms with Crippen LogP contribution in [0.2, 0.25) is 0 Å². The molecule has 0 saturated heterocycles. The van der Waals surface area contributed by atoms with Crippen LogP contribution >= 0.6 is 0 Å². The highest BCUT2D eigenvalue weighted by Gasteiger charge is 2.14. The normalized spacial score (nSPS) is 13.9. The maximum absolute atomic E-state index is 11.6. The van der Waals surface area contributed by atoms with Gasteiger partial charge in [0.25, 0.3) is 0 Å². The van der Waals surface area contributed by atoms with Gasteiger partial charge in [0.15, 0.2) is 0 Å². The number of hydrogen-bond acceptors (Lipinski definition) is 3. The topological polar surface area (TPSA) is 59.3 Å². The SMILES string of the molecule is CCCCS(=O)(=O)NC(C)Cc1ccoc1. The molecule has 1 N–H and O–H groups in total. The van der Waals surface area contributed by atoms with Crippen LogP contribution in [-0.4, -0.2) is 20.2 Å². The van der Waals surface area contributed by atoms with Crippen molar-refractivity contribution in [2.75, 3.05) is 5.75 Å². The molecule has 92 valence electrons. The van der Waals surface area contributed by atoms with E-state index in [1.54, 1.807) is 12.5 Å². The van der Waals surface area contributed by atoms with Gasteiger partial charge in [-0.2, -0.15) is 0 Å². The molecule has 0 aliphatic rings. The average molecular weight is 245 g/mol. The second-order valence-electron chi connectivity index (χ2n) is 4.03. The minimum absolute atomic E-state index is 0.0977. The molecule has 0 saturated carbocycles. The first-order chi connectivity index (χ1) is 7.53. The fourth-order valence-electron chi connectivity index (χ4n) is 1.50. The van der Waals surface area contributed by atoms with E-state index in [1.165, 1.54) is 0 Å². The third-order valence-electron chi connectivity index (χ3n) is 2.27. The highest BCUT2D eigenvalue weighted by Crippen LogP contribution is 2.05. The van der Waals surface area contributed by atoms with Crippen molar-refractivity contribution < 1.29 is 12.8 Å². The van der Waals surface area contributed by atoms with Crippen molar-refractivity contribution in [3.63, 3.8) is 0 Å². The van der Waals surface area contributed by atoms with Crippen molar-refractivity contribution >= 4 is 10.0 Å². The third kappa shape index (κ3) is 4.81. The zero-order valence-corrected chi connectivity index (χ0v) is 10.6. The van der Waals surface area contributed by atoms with E-state index in [2.05, 4.69) is 4.72 Å². The quantitative estimate of drug-likeness (QED) is 0.798. The highest BCUT2D eigenvalue weighted by molar-refractivity contribution is 7.89. The van der Waals surface area contributed by atoms with Gasteiger partial charge in [-0.1, -0.05) is 13.3 Å². The summed E-state index contributed by atoms with van der Waals surface area (Å²) in [5.74, 6) is 0.208. The molecule has 1 atom stereocenters. The molecule has 0 aliphatic carbocycles. The highest BCUT2D eigenvalue weighted by atomic mass is 32.2. The number of unbranched alkanes of at least 4 members (excludes halogenated alkanes) is 1. The van der Waals surface area contributed by atoms with Crippen LogP contribution in [0.3, 0.4) is 0 Å². The smallest absolute Gasteiger partial charge is 0.211 e. The molecule has 0 spiro atoms. The van der Waals surface area contributed by atoms with Crippen molar-refractivity contribution in [3.05, 3.63) is 24.2 Å². The Kier molecular flexibility index (Phi) is 5.02. The molecule has 1 unspecified atom stereocenters. The monoisotopic (exact) mass is 245 g/mol. The molecule has 5 heteroatoms. The average Bonchev–Trinajstić information content (AvgIpc) is 2.66. The molecular formula is C11H19NO3S. The van der Waals surface area contributed by atoms with Gasteiger partial charge in [-0.3, -0.25) is 0 Å². The molecule has 4 nitrogen and oxygen atoms in total. The lowest BCUT2D eigenvalue weighted by molar-refractivity contribution is 0.547. The maximum Gasteiger partial charge on any atom is 0.211 e. The van der Waals surface area contributed by atoms with E-state index in [1.807, 2.05) is 19.9 Å². The molecular weight excluding hydrogens is 226 g/mol. The number of hydrogen-bond donors (Lipinski definition) is 1. The molecule has 0 fully saturated rings. The van der Waals surface area contributed by atoms with E-state index in [0.29, 0.717) is 12.8 Å². The Bertz CT molecular complexity index is 383. The van der Waals surface area contributed by atoms with Gasteiger partial charge in [-0.15, -0.1) is 0 Å².